The van der Waals surface area contributed by atoms with Crippen molar-refractivity contribution in [2.24, 2.45) is 0 Å². The van der Waals surface area contributed by atoms with Crippen molar-refractivity contribution in [2.45, 2.75) is 24.8 Å². The van der Waals surface area contributed by atoms with Gasteiger partial charge in [-0.15, -0.1) is 11.8 Å². The predicted molar refractivity (Wildman–Crippen MR) is 85.3 cm³/mol. The molecule has 5 nitrogen and oxygen atoms in total. The molecule has 2 rings (SSSR count). The molecule has 1 aliphatic rings. The van der Waals surface area contributed by atoms with Gasteiger partial charge in [0.1, 0.15) is 6.04 Å². The number of urea groups is 1. The van der Waals surface area contributed by atoms with Crippen LogP contribution in [0.5, 0.6) is 0 Å². The molecule has 0 radical (unpaired) electrons. The minimum Gasteiger partial charge on any atom is -0.480 e. The van der Waals surface area contributed by atoms with Crippen molar-refractivity contribution in [1.29, 1.82) is 0 Å². The van der Waals surface area contributed by atoms with Crippen molar-refractivity contribution < 1.29 is 14.7 Å². The van der Waals surface area contributed by atoms with Crippen LogP contribution < -0.4 is 5.32 Å². The number of nitrogens with one attached hydrogen (secondary N) is 1. The maximum Gasteiger partial charge on any atom is 0.327 e. The molecule has 2 atom stereocenters. The maximum atomic E-state index is 12.4. The first-order valence-corrected chi connectivity index (χ1v) is 8.12. The van der Waals surface area contributed by atoms with Crippen LogP contribution in [0.4, 0.5) is 10.5 Å². The van der Waals surface area contributed by atoms with E-state index in [9.17, 15) is 14.7 Å². The maximum absolute atomic E-state index is 12.4. The van der Waals surface area contributed by atoms with Crippen LogP contribution >= 0.6 is 35.0 Å². The summed E-state index contributed by atoms with van der Waals surface area (Å²) >= 11 is 13.2. The Bertz CT molecular complexity index is 550. The Hall–Kier alpha value is -1.11. The fourth-order valence-corrected chi connectivity index (χ4v) is 4.03. The van der Waals surface area contributed by atoms with Crippen LogP contribution in [-0.2, 0) is 4.79 Å². The molecule has 0 bridgehead atoms. The molecule has 1 aromatic rings. The van der Waals surface area contributed by atoms with Crippen molar-refractivity contribution in [2.75, 3.05) is 11.1 Å². The van der Waals surface area contributed by atoms with Crippen LogP contribution in [0.2, 0.25) is 10.0 Å². The minimum absolute atomic E-state index is 0.152. The van der Waals surface area contributed by atoms with E-state index in [2.05, 4.69) is 5.32 Å². The van der Waals surface area contributed by atoms with Gasteiger partial charge in [0, 0.05) is 21.5 Å². The summed E-state index contributed by atoms with van der Waals surface area (Å²) < 4.78 is 0. The molecule has 2 N–H and O–H groups in total. The van der Waals surface area contributed by atoms with E-state index < -0.39 is 18.0 Å². The van der Waals surface area contributed by atoms with Gasteiger partial charge >= 0.3 is 12.0 Å². The Morgan fingerprint density at radius 1 is 1.38 bits per heavy atom. The summed E-state index contributed by atoms with van der Waals surface area (Å²) in [5, 5.41) is 12.5. The number of anilines is 1. The SMILES string of the molecule is CCC1SCC(C(=O)O)N1C(=O)Nc1cc(Cl)cc(Cl)c1. The number of carboxylic acid groups (broad SMARTS) is 1. The lowest BCUT2D eigenvalue weighted by Crippen LogP contribution is -2.47. The standard InChI is InChI=1S/C13H14Cl2N2O3S/c1-2-11-17(10(6-21-11)12(18)19)13(20)16-9-4-7(14)3-8(15)5-9/h3-5,10-11H,2,6H2,1H3,(H,16,20)(H,18,19). The Morgan fingerprint density at radius 2 is 2.00 bits per heavy atom. The zero-order valence-electron chi connectivity index (χ0n) is 11.2. The van der Waals surface area contributed by atoms with Crippen LogP contribution in [0.25, 0.3) is 0 Å². The number of rotatable bonds is 3. The Labute approximate surface area is 136 Å². The molecule has 2 unspecified atom stereocenters. The molecule has 0 saturated carbocycles. The monoisotopic (exact) mass is 348 g/mol. The van der Waals surface area contributed by atoms with Crippen molar-refractivity contribution in [1.82, 2.24) is 4.90 Å². The first-order valence-electron chi connectivity index (χ1n) is 6.32. The normalized spacial score (nSPS) is 21.4. The summed E-state index contributed by atoms with van der Waals surface area (Å²) in [6, 6.07) is 3.39. The highest BCUT2D eigenvalue weighted by Gasteiger charge is 2.40. The second-order valence-electron chi connectivity index (χ2n) is 4.55. The van der Waals surface area contributed by atoms with Gasteiger partial charge in [0.25, 0.3) is 0 Å². The average Bonchev–Trinajstić information content (AvgIpc) is 2.81. The van der Waals surface area contributed by atoms with Crippen molar-refractivity contribution in [3.8, 4) is 0 Å². The molecule has 1 heterocycles. The summed E-state index contributed by atoms with van der Waals surface area (Å²) in [5.41, 5.74) is 0.438. The fraction of sp³-hybridized carbons (Fsp3) is 0.385. The number of carbonyl (C=O) groups excluding carboxylic acids is 1. The molecule has 1 fully saturated rings. The third-order valence-electron chi connectivity index (χ3n) is 3.08. The number of carboxylic acids is 1. The molecule has 0 spiro atoms. The Kier molecular flexibility index (Phi) is 5.24. The zero-order chi connectivity index (χ0) is 15.6. The molecule has 2 amide bonds. The van der Waals surface area contributed by atoms with E-state index in [4.69, 9.17) is 23.2 Å². The van der Waals surface area contributed by atoms with Crippen molar-refractivity contribution in [3.05, 3.63) is 28.2 Å². The number of halogens is 2. The third-order valence-corrected chi connectivity index (χ3v) is 4.97. The number of hydrogen-bond donors (Lipinski definition) is 2. The van der Waals surface area contributed by atoms with Crippen LogP contribution in [0.1, 0.15) is 13.3 Å². The second kappa shape index (κ2) is 6.77. The summed E-state index contributed by atoms with van der Waals surface area (Å²) in [6.07, 6.45) is 0.679. The van der Waals surface area contributed by atoms with Crippen LogP contribution in [0.15, 0.2) is 18.2 Å². The van der Waals surface area contributed by atoms with Gasteiger partial charge in [0.15, 0.2) is 0 Å². The Balaban J connectivity index is 2.18. The molecule has 1 aliphatic heterocycles. The first kappa shape index (κ1) is 16.3. The number of carbonyl (C=O) groups is 2. The lowest BCUT2D eigenvalue weighted by Gasteiger charge is -2.26. The molecule has 1 aromatic carbocycles. The van der Waals surface area contributed by atoms with Crippen LogP contribution in [-0.4, -0.2) is 39.2 Å². The van der Waals surface area contributed by atoms with E-state index >= 15 is 0 Å². The van der Waals surface area contributed by atoms with Crippen molar-refractivity contribution in [3.63, 3.8) is 0 Å². The molecule has 114 valence electrons. The molecule has 21 heavy (non-hydrogen) atoms. The molecular weight excluding hydrogens is 335 g/mol. The number of thioether (sulfide) groups is 1. The largest absolute Gasteiger partial charge is 0.480 e. The average molecular weight is 349 g/mol. The first-order chi connectivity index (χ1) is 9.92. The molecule has 0 aliphatic carbocycles. The van der Waals surface area contributed by atoms with E-state index in [0.717, 1.165) is 0 Å². The number of aliphatic carboxylic acids is 1. The highest BCUT2D eigenvalue weighted by molar-refractivity contribution is 8.00. The smallest absolute Gasteiger partial charge is 0.327 e. The van der Waals surface area contributed by atoms with E-state index in [1.807, 2.05) is 6.92 Å². The number of benzene rings is 1. The molecular formula is C13H14Cl2N2O3S. The third kappa shape index (κ3) is 3.75. The van der Waals surface area contributed by atoms with Gasteiger partial charge in [-0.3, -0.25) is 4.90 Å². The summed E-state index contributed by atoms with van der Waals surface area (Å²) in [5.74, 6) is -0.616. The van der Waals surface area contributed by atoms with Gasteiger partial charge in [-0.2, -0.15) is 0 Å². The highest BCUT2D eigenvalue weighted by Crippen LogP contribution is 2.32. The second-order valence-corrected chi connectivity index (χ2v) is 6.63. The summed E-state index contributed by atoms with van der Waals surface area (Å²) in [7, 11) is 0. The topological polar surface area (TPSA) is 69.6 Å². The van der Waals surface area contributed by atoms with E-state index in [-0.39, 0.29) is 5.37 Å². The van der Waals surface area contributed by atoms with Crippen molar-refractivity contribution >= 4 is 52.7 Å². The minimum atomic E-state index is -1.00. The lowest BCUT2D eigenvalue weighted by atomic mass is 10.2. The molecule has 8 heteroatoms. The Morgan fingerprint density at radius 3 is 2.52 bits per heavy atom. The molecule has 0 aromatic heterocycles. The van der Waals surface area contributed by atoms with Gasteiger partial charge in [0.2, 0.25) is 0 Å². The van der Waals surface area contributed by atoms with E-state index in [0.29, 0.717) is 27.9 Å². The van der Waals surface area contributed by atoms with Gasteiger partial charge in [-0.05, 0) is 24.6 Å². The summed E-state index contributed by atoms with van der Waals surface area (Å²) in [4.78, 5) is 25.0. The molecule has 1 saturated heterocycles. The number of nitrogens with zero attached hydrogens (tertiary/aromatic N) is 1. The number of hydrogen-bond acceptors (Lipinski definition) is 3. The predicted octanol–water partition coefficient (Wildman–Crippen LogP) is 3.76. The van der Waals surface area contributed by atoms with Gasteiger partial charge in [-0.25, -0.2) is 9.59 Å². The van der Waals surface area contributed by atoms with Crippen LogP contribution in [0.3, 0.4) is 0 Å². The fourth-order valence-electron chi connectivity index (χ4n) is 2.15. The van der Waals surface area contributed by atoms with Gasteiger partial charge < -0.3 is 10.4 Å². The van der Waals surface area contributed by atoms with Gasteiger partial charge in [-0.1, -0.05) is 30.1 Å². The lowest BCUT2D eigenvalue weighted by molar-refractivity contribution is -0.141. The zero-order valence-corrected chi connectivity index (χ0v) is 13.5. The quantitative estimate of drug-likeness (QED) is 0.872. The van der Waals surface area contributed by atoms with Gasteiger partial charge in [0.05, 0.1) is 5.37 Å². The van der Waals surface area contributed by atoms with E-state index in [1.54, 1.807) is 18.2 Å². The van der Waals surface area contributed by atoms with E-state index in [1.165, 1.54) is 16.7 Å². The highest BCUT2D eigenvalue weighted by atomic mass is 35.5. The number of amides is 2. The van der Waals surface area contributed by atoms with Crippen LogP contribution in [0, 0.1) is 0 Å². The summed E-state index contributed by atoms with van der Waals surface area (Å²) in [6.45, 7) is 1.92.